The van der Waals surface area contributed by atoms with Gasteiger partial charge in [-0.2, -0.15) is 0 Å². The largest absolute Gasteiger partial charge is 0.393 e. The van der Waals surface area contributed by atoms with Crippen LogP contribution in [0.4, 0.5) is 0 Å². The molecule has 1 aliphatic heterocycles. The Labute approximate surface area is 159 Å². The molecular weight excluding hydrogens is 364 g/mol. The van der Waals surface area contributed by atoms with Gasteiger partial charge in [0.05, 0.1) is 11.0 Å². The van der Waals surface area contributed by atoms with Gasteiger partial charge in [-0.05, 0) is 55.2 Å². The minimum absolute atomic E-state index is 0.0513. The number of rotatable bonds is 6. The van der Waals surface area contributed by atoms with Crippen LogP contribution in [0.3, 0.4) is 0 Å². The fourth-order valence-electron chi connectivity index (χ4n) is 3.12. The highest BCUT2D eigenvalue weighted by atomic mass is 32.2. The van der Waals surface area contributed by atoms with Crippen LogP contribution in [0.15, 0.2) is 53.4 Å². The molecule has 2 aromatic carbocycles. The molecule has 0 radical (unpaired) electrons. The van der Waals surface area contributed by atoms with Crippen LogP contribution in [0.25, 0.3) is 0 Å². The average Bonchev–Trinajstić information content (AvgIpc) is 2.66. The summed E-state index contributed by atoms with van der Waals surface area (Å²) in [6.07, 6.45) is 0.488. The van der Waals surface area contributed by atoms with Crippen LogP contribution < -0.4 is 4.72 Å². The molecule has 1 amide bonds. The zero-order valence-electron chi connectivity index (χ0n) is 15.3. The van der Waals surface area contributed by atoms with Gasteiger partial charge < -0.3 is 10.0 Å². The van der Waals surface area contributed by atoms with Crippen molar-refractivity contribution in [2.45, 2.75) is 37.3 Å². The normalized spacial score (nSPS) is 15.3. The number of benzene rings is 2. The summed E-state index contributed by atoms with van der Waals surface area (Å²) in [6.45, 7) is 2.79. The average molecular weight is 388 g/mol. The van der Waals surface area contributed by atoms with E-state index < -0.39 is 16.1 Å². The number of hydrogen-bond acceptors (Lipinski definition) is 4. The Morgan fingerprint density at radius 3 is 2.63 bits per heavy atom. The highest BCUT2D eigenvalue weighted by molar-refractivity contribution is 7.89. The molecule has 7 heteroatoms. The van der Waals surface area contributed by atoms with E-state index in [0.29, 0.717) is 31.5 Å². The Kier molecular flexibility index (Phi) is 5.94. The molecule has 0 aliphatic carbocycles. The molecule has 2 N–H and O–H groups in total. The maximum atomic E-state index is 12.7. The van der Waals surface area contributed by atoms with Crippen molar-refractivity contribution in [2.24, 2.45) is 0 Å². The fourth-order valence-corrected chi connectivity index (χ4v) is 4.22. The van der Waals surface area contributed by atoms with Gasteiger partial charge in [0.1, 0.15) is 0 Å². The number of sulfonamides is 1. The molecule has 144 valence electrons. The van der Waals surface area contributed by atoms with Gasteiger partial charge in [-0.25, -0.2) is 13.1 Å². The molecule has 0 bridgehead atoms. The molecule has 0 spiro atoms. The summed E-state index contributed by atoms with van der Waals surface area (Å²) >= 11 is 0. The van der Waals surface area contributed by atoms with Crippen LogP contribution in [0.2, 0.25) is 0 Å². The van der Waals surface area contributed by atoms with Gasteiger partial charge in [0, 0.05) is 25.2 Å². The van der Waals surface area contributed by atoms with Gasteiger partial charge in [-0.3, -0.25) is 4.79 Å². The predicted octanol–water partition coefficient (Wildman–Crippen LogP) is 1.93. The lowest BCUT2D eigenvalue weighted by Crippen LogP contribution is -2.36. The highest BCUT2D eigenvalue weighted by Crippen LogP contribution is 2.23. The number of amides is 1. The van der Waals surface area contributed by atoms with Crippen molar-refractivity contribution < 1.29 is 18.3 Å². The number of hydrogen-bond donors (Lipinski definition) is 2. The zero-order chi connectivity index (χ0) is 19.4. The summed E-state index contributed by atoms with van der Waals surface area (Å²) in [5, 5.41) is 9.28. The molecule has 1 unspecified atom stereocenters. The van der Waals surface area contributed by atoms with E-state index in [-0.39, 0.29) is 17.3 Å². The smallest absolute Gasteiger partial charge is 0.254 e. The third-order valence-corrected chi connectivity index (χ3v) is 6.12. The molecule has 0 fully saturated rings. The van der Waals surface area contributed by atoms with Gasteiger partial charge in [0.15, 0.2) is 0 Å². The molecule has 1 aliphatic rings. The first-order valence-corrected chi connectivity index (χ1v) is 10.5. The van der Waals surface area contributed by atoms with E-state index in [1.807, 2.05) is 24.3 Å². The molecule has 2 aromatic rings. The maximum Gasteiger partial charge on any atom is 0.254 e. The van der Waals surface area contributed by atoms with Crippen molar-refractivity contribution in [3.63, 3.8) is 0 Å². The summed E-state index contributed by atoms with van der Waals surface area (Å²) in [5.41, 5.74) is 2.54. The number of fused-ring (bicyclic) bond motifs is 1. The number of nitrogens with zero attached hydrogens (tertiary/aromatic N) is 1. The maximum absolute atomic E-state index is 12.7. The second-order valence-corrected chi connectivity index (χ2v) is 8.58. The number of nitrogens with one attached hydrogen (secondary N) is 1. The van der Waals surface area contributed by atoms with Crippen LogP contribution in [0.5, 0.6) is 0 Å². The summed E-state index contributed by atoms with van der Waals surface area (Å²) < 4.78 is 27.4. The molecule has 0 saturated carbocycles. The van der Waals surface area contributed by atoms with Crippen LogP contribution in [-0.4, -0.2) is 43.5 Å². The third-order valence-electron chi connectivity index (χ3n) is 4.66. The summed E-state index contributed by atoms with van der Waals surface area (Å²) in [4.78, 5) is 14.6. The lowest BCUT2D eigenvalue weighted by Gasteiger charge is -2.29. The topological polar surface area (TPSA) is 86.7 Å². The quantitative estimate of drug-likeness (QED) is 0.792. The Morgan fingerprint density at radius 1 is 1.19 bits per heavy atom. The molecule has 27 heavy (non-hydrogen) atoms. The highest BCUT2D eigenvalue weighted by Gasteiger charge is 2.24. The van der Waals surface area contributed by atoms with Crippen LogP contribution in [-0.2, 0) is 23.0 Å². The lowest BCUT2D eigenvalue weighted by atomic mass is 9.99. The monoisotopic (exact) mass is 388 g/mol. The number of aliphatic hydroxyl groups excluding tert-OH is 1. The molecule has 1 heterocycles. The van der Waals surface area contributed by atoms with E-state index >= 15 is 0 Å². The SMILES string of the molecule is CC(O)CCNS(=O)(=O)c1ccc2c(c1)CN(C(=O)c1ccccc1)CC2. The first-order valence-electron chi connectivity index (χ1n) is 9.00. The third kappa shape index (κ3) is 4.74. The van der Waals surface area contributed by atoms with E-state index in [1.165, 1.54) is 0 Å². The van der Waals surface area contributed by atoms with Gasteiger partial charge in [0.25, 0.3) is 5.91 Å². The molecule has 1 atom stereocenters. The number of carbonyl (C=O) groups is 1. The van der Waals surface area contributed by atoms with Crippen LogP contribution in [0, 0.1) is 0 Å². The molecule has 6 nitrogen and oxygen atoms in total. The van der Waals surface area contributed by atoms with Gasteiger partial charge >= 0.3 is 0 Å². The van der Waals surface area contributed by atoms with E-state index in [4.69, 9.17) is 0 Å². The van der Waals surface area contributed by atoms with E-state index in [0.717, 1.165) is 11.1 Å². The van der Waals surface area contributed by atoms with Crippen LogP contribution in [0.1, 0.15) is 34.8 Å². The van der Waals surface area contributed by atoms with Gasteiger partial charge in [-0.1, -0.05) is 24.3 Å². The van der Waals surface area contributed by atoms with E-state index in [9.17, 15) is 18.3 Å². The number of carbonyl (C=O) groups excluding carboxylic acids is 1. The van der Waals surface area contributed by atoms with E-state index in [2.05, 4.69) is 4.72 Å². The second-order valence-electron chi connectivity index (χ2n) is 6.81. The summed E-state index contributed by atoms with van der Waals surface area (Å²) in [5.74, 6) is -0.0513. The fraction of sp³-hybridized carbons (Fsp3) is 0.350. The van der Waals surface area contributed by atoms with Crippen molar-refractivity contribution in [1.29, 1.82) is 0 Å². The Morgan fingerprint density at radius 2 is 1.93 bits per heavy atom. The van der Waals surface area contributed by atoms with Crippen molar-refractivity contribution >= 4 is 15.9 Å². The first kappa shape index (κ1) is 19.5. The minimum Gasteiger partial charge on any atom is -0.393 e. The van der Waals surface area contributed by atoms with Gasteiger partial charge in [0.2, 0.25) is 10.0 Å². The molecule has 0 saturated heterocycles. The molecule has 3 rings (SSSR count). The lowest BCUT2D eigenvalue weighted by molar-refractivity contribution is 0.0734. The standard InChI is InChI=1S/C20H24N2O4S/c1-15(23)9-11-21-27(25,26)19-8-7-16-10-12-22(14-18(16)13-19)20(24)17-5-3-2-4-6-17/h2-8,13,15,21,23H,9-12,14H2,1H3. The Balaban J connectivity index is 1.76. The van der Waals surface area contributed by atoms with Gasteiger partial charge in [-0.15, -0.1) is 0 Å². The zero-order valence-corrected chi connectivity index (χ0v) is 16.1. The number of aliphatic hydroxyl groups is 1. The van der Waals surface area contributed by atoms with Crippen LogP contribution >= 0.6 is 0 Å². The Hall–Kier alpha value is -2.22. The summed E-state index contributed by atoms with van der Waals surface area (Å²) in [7, 11) is -3.64. The predicted molar refractivity (Wildman–Crippen MR) is 103 cm³/mol. The minimum atomic E-state index is -3.64. The molecular formula is C20H24N2O4S. The van der Waals surface area contributed by atoms with Crippen molar-refractivity contribution in [3.8, 4) is 0 Å². The van der Waals surface area contributed by atoms with E-state index in [1.54, 1.807) is 36.1 Å². The second kappa shape index (κ2) is 8.21. The molecule has 0 aromatic heterocycles. The van der Waals surface area contributed by atoms with Crippen molar-refractivity contribution in [3.05, 3.63) is 65.2 Å². The summed E-state index contributed by atoms with van der Waals surface area (Å²) in [6, 6.07) is 14.1. The van der Waals surface area contributed by atoms with Crippen molar-refractivity contribution in [2.75, 3.05) is 13.1 Å². The van der Waals surface area contributed by atoms with Crippen molar-refractivity contribution in [1.82, 2.24) is 9.62 Å². The Bertz CT molecular complexity index is 911. The first-order chi connectivity index (χ1) is 12.9.